The molecule has 0 fully saturated rings. The van der Waals surface area contributed by atoms with Crippen LogP contribution in [0.1, 0.15) is 13.3 Å². The highest BCUT2D eigenvalue weighted by atomic mass is 19.4. The van der Waals surface area contributed by atoms with Gasteiger partial charge in [0.1, 0.15) is 6.29 Å². The lowest BCUT2D eigenvalue weighted by molar-refractivity contribution is -0.252. The summed E-state index contributed by atoms with van der Waals surface area (Å²) in [6, 6.07) is 0. The van der Waals surface area contributed by atoms with Gasteiger partial charge in [-0.15, -0.1) is 0 Å². The maximum atomic E-state index is 11.6. The van der Waals surface area contributed by atoms with Crippen molar-refractivity contribution < 1.29 is 23.1 Å². The Labute approximate surface area is 55.7 Å². The molecule has 0 aromatic heterocycles. The first kappa shape index (κ1) is 9.42. The van der Waals surface area contributed by atoms with Crippen LogP contribution in [0.2, 0.25) is 0 Å². The minimum absolute atomic E-state index is 0.0352. The van der Waals surface area contributed by atoms with Crippen molar-refractivity contribution in [2.75, 3.05) is 0 Å². The smallest absolute Gasteiger partial charge is 0.380 e. The second kappa shape index (κ2) is 2.57. The summed E-state index contributed by atoms with van der Waals surface area (Å²) in [6.07, 6.45) is -5.61. The number of aliphatic hydroxyl groups is 1. The topological polar surface area (TPSA) is 37.3 Å². The number of aldehydes is 1. The van der Waals surface area contributed by atoms with Gasteiger partial charge in [-0.05, 0) is 6.92 Å². The van der Waals surface area contributed by atoms with E-state index in [1.807, 2.05) is 0 Å². The Morgan fingerprint density at radius 1 is 1.50 bits per heavy atom. The van der Waals surface area contributed by atoms with Crippen molar-refractivity contribution in [2.45, 2.75) is 25.1 Å². The molecular weight excluding hydrogens is 149 g/mol. The molecule has 1 N–H and O–H groups in total. The minimum Gasteiger partial charge on any atom is -0.380 e. The Bertz CT molecular complexity index is 127. The monoisotopic (exact) mass is 156 g/mol. The Morgan fingerprint density at radius 3 is 2.00 bits per heavy atom. The molecule has 0 aliphatic heterocycles. The van der Waals surface area contributed by atoms with Gasteiger partial charge in [0.25, 0.3) is 0 Å². The number of alkyl halides is 3. The first-order valence-corrected chi connectivity index (χ1v) is 2.54. The van der Waals surface area contributed by atoms with E-state index in [0.29, 0.717) is 6.92 Å². The van der Waals surface area contributed by atoms with E-state index in [0.717, 1.165) is 0 Å². The number of hydrogen-bond acceptors (Lipinski definition) is 2. The van der Waals surface area contributed by atoms with Crippen molar-refractivity contribution in [3.05, 3.63) is 0 Å². The van der Waals surface area contributed by atoms with Crippen molar-refractivity contribution in [2.24, 2.45) is 0 Å². The van der Waals surface area contributed by atoms with E-state index in [-0.39, 0.29) is 6.29 Å². The molecular formula is C5H7F3O2. The average molecular weight is 156 g/mol. The van der Waals surface area contributed by atoms with E-state index in [4.69, 9.17) is 5.11 Å². The molecule has 10 heavy (non-hydrogen) atoms. The fourth-order valence-corrected chi connectivity index (χ4v) is 0.278. The normalized spacial score (nSPS) is 18.1. The van der Waals surface area contributed by atoms with E-state index < -0.39 is 18.2 Å². The van der Waals surface area contributed by atoms with Crippen LogP contribution in [-0.4, -0.2) is 23.2 Å². The zero-order valence-corrected chi connectivity index (χ0v) is 5.27. The molecule has 0 saturated heterocycles. The maximum absolute atomic E-state index is 11.6. The highest BCUT2D eigenvalue weighted by Crippen LogP contribution is 2.31. The van der Waals surface area contributed by atoms with Crippen LogP contribution >= 0.6 is 0 Å². The summed E-state index contributed by atoms with van der Waals surface area (Å²) in [5.41, 5.74) is -2.88. The van der Waals surface area contributed by atoms with Gasteiger partial charge in [0.05, 0.1) is 0 Å². The van der Waals surface area contributed by atoms with E-state index in [2.05, 4.69) is 0 Å². The van der Waals surface area contributed by atoms with Crippen molar-refractivity contribution in [3.63, 3.8) is 0 Å². The lowest BCUT2D eigenvalue weighted by atomic mass is 10.0. The quantitative estimate of drug-likeness (QED) is 0.603. The summed E-state index contributed by atoms with van der Waals surface area (Å²) in [5, 5.41) is 8.49. The molecule has 0 aliphatic rings. The minimum atomic E-state index is -4.73. The molecule has 0 amide bonds. The van der Waals surface area contributed by atoms with Crippen LogP contribution in [0.3, 0.4) is 0 Å². The Morgan fingerprint density at radius 2 is 1.90 bits per heavy atom. The lowest BCUT2D eigenvalue weighted by Gasteiger charge is -2.23. The maximum Gasteiger partial charge on any atom is 0.417 e. The van der Waals surface area contributed by atoms with Gasteiger partial charge in [0.15, 0.2) is 5.60 Å². The molecule has 60 valence electrons. The fourth-order valence-electron chi connectivity index (χ4n) is 0.278. The van der Waals surface area contributed by atoms with E-state index in [1.165, 1.54) is 0 Å². The third kappa shape index (κ3) is 1.98. The summed E-state index contributed by atoms with van der Waals surface area (Å²) in [5.74, 6) is 0. The largest absolute Gasteiger partial charge is 0.417 e. The summed E-state index contributed by atoms with van der Waals surface area (Å²) in [6.45, 7) is 0.557. The third-order valence-corrected chi connectivity index (χ3v) is 1.09. The van der Waals surface area contributed by atoms with Gasteiger partial charge in [-0.25, -0.2) is 0 Å². The van der Waals surface area contributed by atoms with Gasteiger partial charge in [-0.3, -0.25) is 0 Å². The average Bonchev–Trinajstić information content (AvgIpc) is 1.61. The molecule has 2 nitrogen and oxygen atoms in total. The fraction of sp³-hybridized carbons (Fsp3) is 0.800. The molecule has 0 unspecified atom stereocenters. The van der Waals surface area contributed by atoms with Crippen molar-refractivity contribution in [1.82, 2.24) is 0 Å². The van der Waals surface area contributed by atoms with Crippen molar-refractivity contribution in [1.29, 1.82) is 0 Å². The summed E-state index contributed by atoms with van der Waals surface area (Å²) in [4.78, 5) is 9.61. The van der Waals surface area contributed by atoms with Crippen molar-refractivity contribution >= 4 is 6.29 Å². The highest BCUT2D eigenvalue weighted by molar-refractivity contribution is 5.51. The van der Waals surface area contributed by atoms with Crippen molar-refractivity contribution in [3.8, 4) is 0 Å². The lowest BCUT2D eigenvalue weighted by Crippen LogP contribution is -2.42. The standard InChI is InChI=1S/C5H7F3O2/c1-4(10,2-3-9)5(6,7)8/h3,10H,2H2,1H3/t4-/m1/s1. The van der Waals surface area contributed by atoms with Crippen LogP contribution in [0.15, 0.2) is 0 Å². The number of halogens is 3. The zero-order chi connectivity index (χ0) is 8.41. The van der Waals surface area contributed by atoms with Crippen LogP contribution < -0.4 is 0 Å². The molecule has 0 bridgehead atoms. The second-order valence-electron chi connectivity index (χ2n) is 2.14. The third-order valence-electron chi connectivity index (χ3n) is 1.09. The van der Waals surface area contributed by atoms with Gasteiger partial charge in [0.2, 0.25) is 0 Å². The van der Waals surface area contributed by atoms with E-state index in [9.17, 15) is 18.0 Å². The van der Waals surface area contributed by atoms with Crippen LogP contribution in [0.4, 0.5) is 13.2 Å². The molecule has 0 spiro atoms. The Kier molecular flexibility index (Phi) is 2.42. The Balaban J connectivity index is 4.23. The summed E-state index contributed by atoms with van der Waals surface area (Å²) in [7, 11) is 0. The second-order valence-corrected chi connectivity index (χ2v) is 2.14. The van der Waals surface area contributed by atoms with Gasteiger partial charge in [0, 0.05) is 6.42 Å². The van der Waals surface area contributed by atoms with Gasteiger partial charge in [-0.2, -0.15) is 13.2 Å². The molecule has 0 aromatic rings. The first-order valence-electron chi connectivity index (χ1n) is 2.54. The van der Waals surface area contributed by atoms with Crippen LogP contribution in [-0.2, 0) is 4.79 Å². The van der Waals surface area contributed by atoms with Gasteiger partial charge < -0.3 is 9.90 Å². The Hall–Kier alpha value is -0.580. The number of hydrogen-bond donors (Lipinski definition) is 1. The van der Waals surface area contributed by atoms with Gasteiger partial charge >= 0.3 is 6.18 Å². The SMILES string of the molecule is C[C@@](O)(CC=O)C(F)(F)F. The molecule has 1 atom stereocenters. The molecule has 5 heteroatoms. The van der Waals surface area contributed by atoms with Crippen LogP contribution in [0.25, 0.3) is 0 Å². The van der Waals surface area contributed by atoms with Crippen LogP contribution in [0, 0.1) is 0 Å². The van der Waals surface area contributed by atoms with Crippen LogP contribution in [0.5, 0.6) is 0 Å². The molecule has 0 heterocycles. The first-order chi connectivity index (χ1) is 4.31. The molecule has 0 aromatic carbocycles. The van der Waals surface area contributed by atoms with E-state index >= 15 is 0 Å². The van der Waals surface area contributed by atoms with E-state index in [1.54, 1.807) is 0 Å². The number of carbonyl (C=O) groups excluding carboxylic acids is 1. The summed E-state index contributed by atoms with van der Waals surface area (Å²) >= 11 is 0. The number of carbonyl (C=O) groups is 1. The van der Waals surface area contributed by atoms with Gasteiger partial charge in [-0.1, -0.05) is 0 Å². The highest BCUT2D eigenvalue weighted by Gasteiger charge is 2.49. The zero-order valence-electron chi connectivity index (χ0n) is 5.27. The molecule has 0 radical (unpaired) electrons. The molecule has 0 saturated carbocycles. The predicted octanol–water partition coefficient (Wildman–Crippen LogP) is 0.889. The summed E-state index contributed by atoms with van der Waals surface area (Å²) < 4.78 is 34.8. The number of rotatable bonds is 2. The molecule has 0 rings (SSSR count). The molecule has 0 aliphatic carbocycles. The predicted molar refractivity (Wildman–Crippen MR) is 27.4 cm³/mol.